The Kier molecular flexibility index (Phi) is 5.28. The molecule has 1 heterocycles. The summed E-state index contributed by atoms with van der Waals surface area (Å²) in [5.41, 5.74) is 3.15. The maximum Gasteiger partial charge on any atom is 0.409 e. The van der Waals surface area contributed by atoms with Crippen LogP contribution in [-0.4, -0.2) is 20.7 Å². The molecule has 0 bridgehead atoms. The largest absolute Gasteiger partial charge is 0.494 e. The molecule has 0 saturated heterocycles. The molecule has 25 heavy (non-hydrogen) atoms. The van der Waals surface area contributed by atoms with Gasteiger partial charge >= 0.3 is 5.13 Å². The highest BCUT2D eigenvalue weighted by Crippen LogP contribution is 2.30. The minimum atomic E-state index is 0.667. The van der Waals surface area contributed by atoms with E-state index in [-0.39, 0.29) is 0 Å². The number of benzene rings is 2. The number of thiazole rings is 1. The van der Waals surface area contributed by atoms with Gasteiger partial charge in [0.05, 0.1) is 23.0 Å². The van der Waals surface area contributed by atoms with Crippen LogP contribution in [-0.2, 0) is 6.54 Å². The number of azo groups is 1. The normalized spacial score (nSPS) is 11.4. The third-order valence-corrected chi connectivity index (χ3v) is 4.93. The summed E-state index contributed by atoms with van der Waals surface area (Å²) in [4.78, 5) is 2.06. The second-order valence-corrected chi connectivity index (χ2v) is 6.81. The molecule has 0 aliphatic heterocycles. The lowest BCUT2D eigenvalue weighted by Crippen LogP contribution is -2.30. The first-order valence-electron chi connectivity index (χ1n) is 8.40. The zero-order chi connectivity index (χ0) is 17.8. The van der Waals surface area contributed by atoms with Gasteiger partial charge in [0.1, 0.15) is 17.0 Å². The highest BCUT2D eigenvalue weighted by atomic mass is 32.1. The number of nitrogens with zero attached hydrogens (tertiary/aromatic N) is 4. The van der Waals surface area contributed by atoms with E-state index in [1.165, 1.54) is 0 Å². The quantitative estimate of drug-likeness (QED) is 0.456. The van der Waals surface area contributed by atoms with Crippen LogP contribution in [0.25, 0.3) is 10.2 Å². The number of aromatic nitrogens is 1. The average Bonchev–Trinajstić information content (AvgIpc) is 2.97. The molecule has 0 spiro atoms. The fraction of sp³-hybridized carbons (Fsp3) is 0.316. The van der Waals surface area contributed by atoms with Gasteiger partial charge in [0, 0.05) is 25.8 Å². The van der Waals surface area contributed by atoms with E-state index in [4.69, 9.17) is 4.74 Å². The molecule has 0 atom stereocenters. The monoisotopic (exact) mass is 355 g/mol. The van der Waals surface area contributed by atoms with E-state index in [1.807, 2.05) is 51.4 Å². The van der Waals surface area contributed by atoms with Gasteiger partial charge < -0.3 is 9.64 Å². The van der Waals surface area contributed by atoms with Crippen molar-refractivity contribution in [3.8, 4) is 5.75 Å². The Morgan fingerprint density at radius 3 is 2.44 bits per heavy atom. The number of hydrogen-bond acceptors (Lipinski definition) is 5. The highest BCUT2D eigenvalue weighted by Gasteiger charge is 2.18. The van der Waals surface area contributed by atoms with Crippen LogP contribution in [0.3, 0.4) is 0 Å². The Hall–Kier alpha value is -2.47. The van der Waals surface area contributed by atoms with Crippen LogP contribution >= 0.6 is 11.3 Å². The topological polar surface area (TPSA) is 41.1 Å². The molecule has 0 fully saturated rings. The molecule has 3 aromatic rings. The van der Waals surface area contributed by atoms with Gasteiger partial charge in [-0.3, -0.25) is 0 Å². The van der Waals surface area contributed by atoms with Gasteiger partial charge in [0.25, 0.3) is 0 Å². The molecule has 0 aliphatic carbocycles. The van der Waals surface area contributed by atoms with Gasteiger partial charge in [0.2, 0.25) is 0 Å². The Bertz CT molecular complexity index is 884. The Morgan fingerprint density at radius 2 is 1.80 bits per heavy atom. The molecule has 2 aromatic carbocycles. The zero-order valence-corrected chi connectivity index (χ0v) is 15.9. The predicted molar refractivity (Wildman–Crippen MR) is 104 cm³/mol. The van der Waals surface area contributed by atoms with Crippen molar-refractivity contribution in [2.45, 2.75) is 20.4 Å². The number of rotatable bonds is 6. The Labute approximate surface area is 152 Å². The van der Waals surface area contributed by atoms with Gasteiger partial charge in [-0.15, -0.1) is 0 Å². The molecule has 6 heteroatoms. The summed E-state index contributed by atoms with van der Waals surface area (Å²) in [6, 6.07) is 14.2. The minimum absolute atomic E-state index is 0.667. The van der Waals surface area contributed by atoms with Crippen LogP contribution in [0.1, 0.15) is 13.8 Å². The maximum absolute atomic E-state index is 5.60. The van der Waals surface area contributed by atoms with Crippen LogP contribution in [0, 0.1) is 0 Å². The molecule has 0 aliphatic rings. The van der Waals surface area contributed by atoms with E-state index in [0.717, 1.165) is 39.0 Å². The van der Waals surface area contributed by atoms with Crippen LogP contribution < -0.4 is 14.2 Å². The zero-order valence-electron chi connectivity index (χ0n) is 15.1. The summed E-state index contributed by atoms with van der Waals surface area (Å²) < 4.78 is 8.93. The smallest absolute Gasteiger partial charge is 0.409 e. The fourth-order valence-corrected chi connectivity index (χ4v) is 3.68. The van der Waals surface area contributed by atoms with Crippen LogP contribution in [0.2, 0.25) is 0 Å². The number of ether oxygens (including phenoxy) is 1. The molecule has 0 saturated carbocycles. The first-order valence-corrected chi connectivity index (χ1v) is 9.22. The van der Waals surface area contributed by atoms with Gasteiger partial charge in [-0.1, -0.05) is 0 Å². The summed E-state index contributed by atoms with van der Waals surface area (Å²) in [5.74, 6) is 0.891. The highest BCUT2D eigenvalue weighted by molar-refractivity contribution is 7.21. The van der Waals surface area contributed by atoms with Crippen molar-refractivity contribution < 1.29 is 9.30 Å². The second kappa shape index (κ2) is 7.61. The third kappa shape index (κ3) is 3.79. The molecule has 0 amide bonds. The summed E-state index contributed by atoms with van der Waals surface area (Å²) in [6.07, 6.45) is 0. The van der Waals surface area contributed by atoms with Crippen LogP contribution in [0.5, 0.6) is 5.75 Å². The standard InChI is InChI=1S/C19H23N4OS/c1-5-23-17-12-11-16(24-6-2)13-18(17)25-19(23)21-20-14-7-9-15(10-8-14)22(3)4/h7-13H,5-6H2,1-4H3/q+1. The van der Waals surface area contributed by atoms with Crippen molar-refractivity contribution in [1.29, 1.82) is 0 Å². The van der Waals surface area contributed by atoms with Gasteiger partial charge in [0.15, 0.2) is 0 Å². The van der Waals surface area contributed by atoms with Gasteiger partial charge in [-0.2, -0.15) is 0 Å². The average molecular weight is 355 g/mol. The second-order valence-electron chi connectivity index (χ2n) is 5.80. The van der Waals surface area contributed by atoms with Crippen molar-refractivity contribution in [1.82, 2.24) is 0 Å². The van der Waals surface area contributed by atoms with E-state index in [9.17, 15) is 0 Å². The first kappa shape index (κ1) is 17.4. The molecule has 130 valence electrons. The van der Waals surface area contributed by atoms with E-state index in [0.29, 0.717) is 6.61 Å². The van der Waals surface area contributed by atoms with E-state index >= 15 is 0 Å². The summed E-state index contributed by atoms with van der Waals surface area (Å²) in [7, 11) is 4.04. The molecule has 0 N–H and O–H groups in total. The minimum Gasteiger partial charge on any atom is -0.494 e. The molecular formula is C19H23N4OS+. The van der Waals surface area contributed by atoms with Crippen LogP contribution in [0.4, 0.5) is 16.5 Å². The van der Waals surface area contributed by atoms with E-state index in [2.05, 4.69) is 38.8 Å². The molecular weight excluding hydrogens is 332 g/mol. The number of fused-ring (bicyclic) bond motifs is 1. The summed E-state index contributed by atoms with van der Waals surface area (Å²) in [5, 5.41) is 9.78. The van der Waals surface area contributed by atoms with Gasteiger partial charge in [-0.25, -0.2) is 4.57 Å². The van der Waals surface area contributed by atoms with Crippen LogP contribution in [0.15, 0.2) is 52.7 Å². The molecule has 5 nitrogen and oxygen atoms in total. The molecule has 1 aromatic heterocycles. The number of anilines is 1. The predicted octanol–water partition coefficient (Wildman–Crippen LogP) is 5.09. The first-order chi connectivity index (χ1) is 12.1. The molecule has 0 radical (unpaired) electrons. The maximum atomic E-state index is 5.60. The van der Waals surface area contributed by atoms with Crippen molar-refractivity contribution in [2.75, 3.05) is 25.6 Å². The molecule has 3 rings (SSSR count). The van der Waals surface area contributed by atoms with Crippen molar-refractivity contribution >= 4 is 38.1 Å². The van der Waals surface area contributed by atoms with Crippen molar-refractivity contribution in [2.24, 2.45) is 10.2 Å². The van der Waals surface area contributed by atoms with Crippen molar-refractivity contribution in [3.63, 3.8) is 0 Å². The summed E-state index contributed by atoms with van der Waals surface area (Å²) in [6.45, 7) is 5.63. The van der Waals surface area contributed by atoms with Gasteiger partial charge in [-0.05, 0) is 66.7 Å². The Balaban J connectivity index is 1.91. The molecule has 0 unspecified atom stereocenters. The lowest BCUT2D eigenvalue weighted by Gasteiger charge is -2.11. The fourth-order valence-electron chi connectivity index (χ4n) is 2.61. The van der Waals surface area contributed by atoms with E-state index < -0.39 is 0 Å². The summed E-state index contributed by atoms with van der Waals surface area (Å²) >= 11 is 1.63. The number of hydrogen-bond donors (Lipinski definition) is 0. The lowest BCUT2D eigenvalue weighted by atomic mass is 10.3. The SMILES string of the molecule is CCOc1ccc2c(c1)sc(N=Nc1ccc(N(C)C)cc1)[n+]2CC. The van der Waals surface area contributed by atoms with Crippen molar-refractivity contribution in [3.05, 3.63) is 42.5 Å². The van der Waals surface area contributed by atoms with E-state index in [1.54, 1.807) is 11.3 Å². The Morgan fingerprint density at radius 1 is 1.04 bits per heavy atom. The lowest BCUT2D eigenvalue weighted by molar-refractivity contribution is -0.651. The number of aryl methyl sites for hydroxylation is 1. The third-order valence-electron chi connectivity index (χ3n) is 3.90.